The Morgan fingerprint density at radius 3 is 2.49 bits per heavy atom. The first-order valence-electron chi connectivity index (χ1n) is 11.6. The fourth-order valence-corrected chi connectivity index (χ4v) is 4.94. The smallest absolute Gasteiger partial charge is 0.254 e. The molecule has 4 radical (unpaired) electrons. The molecule has 2 aromatic carbocycles. The number of carbonyl (C=O) groups excluding carboxylic acids is 1. The molecule has 37 heavy (non-hydrogen) atoms. The predicted octanol–water partition coefficient (Wildman–Crippen LogP) is 3.24. The maximum Gasteiger partial charge on any atom is 0.254 e. The Labute approximate surface area is 223 Å². The van der Waals surface area contributed by atoms with Gasteiger partial charge < -0.3 is 21.3 Å². The Bertz CT molecular complexity index is 1300. The minimum absolute atomic E-state index is 0.0693. The van der Waals surface area contributed by atoms with Gasteiger partial charge in [-0.25, -0.2) is 18.7 Å². The maximum atomic E-state index is 15.1. The van der Waals surface area contributed by atoms with Gasteiger partial charge in [-0.15, -0.1) is 0 Å². The monoisotopic (exact) mass is 566 g/mol. The summed E-state index contributed by atoms with van der Waals surface area (Å²) in [6, 6.07) is 5.98. The average Bonchev–Trinajstić information content (AvgIpc) is 2.82. The largest absolute Gasteiger partial charge is 0.407 e. The van der Waals surface area contributed by atoms with Gasteiger partial charge in [0, 0.05) is 21.4 Å². The molecule has 1 fully saturated rings. The van der Waals surface area contributed by atoms with Crippen molar-refractivity contribution in [3.05, 3.63) is 75.5 Å². The van der Waals surface area contributed by atoms with Crippen LogP contribution in [0.4, 0.5) is 14.6 Å². The van der Waals surface area contributed by atoms with E-state index in [0.29, 0.717) is 28.6 Å². The molecule has 1 amide bonds. The van der Waals surface area contributed by atoms with Gasteiger partial charge in [0.15, 0.2) is 0 Å². The molecular weight excluding hydrogens is 544 g/mol. The molecule has 0 aliphatic heterocycles. The lowest BCUT2D eigenvalue weighted by Crippen LogP contribution is -2.47. The summed E-state index contributed by atoms with van der Waals surface area (Å²) < 4.78 is 29.4. The van der Waals surface area contributed by atoms with Crippen LogP contribution in [-0.2, 0) is 0 Å². The molecule has 4 rings (SSSR count). The number of aliphatic hydroxyl groups is 2. The van der Waals surface area contributed by atoms with Crippen LogP contribution in [0.25, 0.3) is 11.3 Å². The van der Waals surface area contributed by atoms with E-state index in [9.17, 15) is 19.4 Å². The number of nitrogens with two attached hydrogens (primary N) is 1. The highest BCUT2D eigenvalue weighted by Gasteiger charge is 2.31. The summed E-state index contributed by atoms with van der Waals surface area (Å²) in [4.78, 5) is 21.7. The molecule has 1 heterocycles. The first-order valence-corrected chi connectivity index (χ1v) is 12.4. The molecule has 12 heteroatoms. The van der Waals surface area contributed by atoms with E-state index in [1.165, 1.54) is 24.3 Å². The average molecular weight is 567 g/mol. The summed E-state index contributed by atoms with van der Waals surface area (Å²) in [5.74, 6) is -2.27. The number of amides is 1. The van der Waals surface area contributed by atoms with Crippen molar-refractivity contribution in [1.29, 1.82) is 0 Å². The molecule has 5 N–H and O–H groups in total. The van der Waals surface area contributed by atoms with Crippen molar-refractivity contribution in [2.45, 2.75) is 49.1 Å². The first-order chi connectivity index (χ1) is 17.4. The zero-order valence-electron chi connectivity index (χ0n) is 19.7. The van der Waals surface area contributed by atoms with Gasteiger partial charge in [-0.1, -0.05) is 22.0 Å². The second-order valence-corrected chi connectivity index (χ2v) is 10.1. The van der Waals surface area contributed by atoms with E-state index in [4.69, 9.17) is 21.4 Å². The van der Waals surface area contributed by atoms with E-state index in [1.54, 1.807) is 6.20 Å². The van der Waals surface area contributed by atoms with E-state index >= 15 is 4.39 Å². The highest BCUT2D eigenvalue weighted by atomic mass is 79.9. The van der Waals surface area contributed by atoms with Gasteiger partial charge in [0.1, 0.15) is 38.8 Å². The van der Waals surface area contributed by atoms with Crippen molar-refractivity contribution in [3.63, 3.8) is 0 Å². The summed E-state index contributed by atoms with van der Waals surface area (Å²) in [6.45, 7) is 0. The van der Waals surface area contributed by atoms with Crippen LogP contribution in [0.5, 0.6) is 0 Å². The SMILES string of the molecule is [B]C([B])(O)C(NC(=O)c1ccc(-c2nc(C3CCC(O)CC3)cnc2N)cc1F)c1cc(F)cc(Br)c1. The predicted molar refractivity (Wildman–Crippen MR) is 140 cm³/mol. The topological polar surface area (TPSA) is 121 Å². The molecule has 188 valence electrons. The molecule has 0 spiro atoms. The zero-order chi connectivity index (χ0) is 26.9. The fraction of sp³-hybridized carbons (Fsp3) is 0.320. The van der Waals surface area contributed by atoms with Crippen LogP contribution >= 0.6 is 15.9 Å². The van der Waals surface area contributed by atoms with Crippen molar-refractivity contribution in [2.24, 2.45) is 0 Å². The van der Waals surface area contributed by atoms with Crippen LogP contribution in [0, 0.1) is 11.6 Å². The van der Waals surface area contributed by atoms with Crippen LogP contribution in [-0.4, -0.2) is 53.3 Å². The van der Waals surface area contributed by atoms with Crippen LogP contribution in [0.2, 0.25) is 0 Å². The number of halogens is 3. The summed E-state index contributed by atoms with van der Waals surface area (Å²) in [7, 11) is 11.2. The van der Waals surface area contributed by atoms with Crippen molar-refractivity contribution in [2.75, 3.05) is 5.73 Å². The maximum absolute atomic E-state index is 15.1. The lowest BCUT2D eigenvalue weighted by Gasteiger charge is -2.32. The molecule has 1 saturated carbocycles. The van der Waals surface area contributed by atoms with E-state index < -0.39 is 29.0 Å². The molecule has 3 aromatic rings. The zero-order valence-corrected chi connectivity index (χ0v) is 21.3. The molecule has 0 bridgehead atoms. The number of rotatable bonds is 6. The third-order valence-corrected chi connectivity index (χ3v) is 6.84. The Balaban J connectivity index is 1.59. The van der Waals surface area contributed by atoms with Gasteiger partial charge in [0.2, 0.25) is 0 Å². The summed E-state index contributed by atoms with van der Waals surface area (Å²) in [5.41, 5.74) is 7.02. The Hall–Kier alpha value is -2.82. The number of benzene rings is 2. The summed E-state index contributed by atoms with van der Waals surface area (Å²) in [6.07, 6.45) is 4.11. The molecule has 1 unspecified atom stereocenters. The van der Waals surface area contributed by atoms with Gasteiger partial charge in [-0.3, -0.25) is 4.79 Å². The van der Waals surface area contributed by atoms with E-state index in [0.717, 1.165) is 25.0 Å². The van der Waals surface area contributed by atoms with Crippen LogP contribution in [0.1, 0.15) is 59.3 Å². The van der Waals surface area contributed by atoms with Gasteiger partial charge in [0.05, 0.1) is 29.6 Å². The Morgan fingerprint density at radius 2 is 1.86 bits per heavy atom. The highest BCUT2D eigenvalue weighted by molar-refractivity contribution is 9.10. The molecule has 1 aromatic heterocycles. The number of aliphatic hydroxyl groups excluding tert-OH is 1. The molecule has 7 nitrogen and oxygen atoms in total. The van der Waals surface area contributed by atoms with Crippen molar-refractivity contribution >= 4 is 43.3 Å². The molecule has 0 saturated heterocycles. The lowest BCUT2D eigenvalue weighted by atomic mass is 9.59. The third-order valence-electron chi connectivity index (χ3n) is 6.38. The molecule has 1 aliphatic rings. The Morgan fingerprint density at radius 1 is 1.16 bits per heavy atom. The number of aromatic nitrogens is 2. The van der Waals surface area contributed by atoms with Gasteiger partial charge in [-0.2, -0.15) is 0 Å². The van der Waals surface area contributed by atoms with E-state index in [-0.39, 0.29) is 34.7 Å². The van der Waals surface area contributed by atoms with Gasteiger partial charge in [-0.05, 0) is 61.6 Å². The van der Waals surface area contributed by atoms with E-state index in [2.05, 4.69) is 31.2 Å². The van der Waals surface area contributed by atoms with Gasteiger partial charge in [0.25, 0.3) is 5.91 Å². The second kappa shape index (κ2) is 10.9. The van der Waals surface area contributed by atoms with E-state index in [1.807, 2.05) is 0 Å². The Kier molecular flexibility index (Phi) is 8.01. The molecule has 1 atom stereocenters. The summed E-state index contributed by atoms with van der Waals surface area (Å²) >= 11 is 3.13. The fourth-order valence-electron chi connectivity index (χ4n) is 4.46. The molecule has 1 aliphatic carbocycles. The van der Waals surface area contributed by atoms with Crippen molar-refractivity contribution < 1.29 is 23.8 Å². The number of hydrogen-bond donors (Lipinski definition) is 4. The number of carbonyl (C=O) groups is 1. The number of nitrogens with one attached hydrogen (secondary N) is 1. The number of anilines is 1. The minimum Gasteiger partial charge on any atom is -0.407 e. The second-order valence-electron chi connectivity index (χ2n) is 9.23. The van der Waals surface area contributed by atoms with Gasteiger partial charge >= 0.3 is 0 Å². The lowest BCUT2D eigenvalue weighted by molar-refractivity contribution is 0.0870. The number of nitrogens with zero attached hydrogens (tertiary/aromatic N) is 2. The standard InChI is InChI=1S/C25H23B2BrF2N4O3/c26-25(27,37)22(14-7-15(28)10-16(29)8-14)34-24(36)18-6-3-13(9-19(18)30)21-23(31)32-11-20(33-21)12-1-4-17(35)5-2-12/h3,6-12,17,22,35,37H,1-2,4-5H2,(H2,31,32)(H,34,36). The summed E-state index contributed by atoms with van der Waals surface area (Å²) in [5, 5.41) is 19.9. The van der Waals surface area contributed by atoms with Crippen LogP contribution in [0.3, 0.4) is 0 Å². The van der Waals surface area contributed by atoms with Crippen LogP contribution in [0.15, 0.2) is 47.1 Å². The quantitative estimate of drug-likeness (QED) is 0.340. The minimum atomic E-state index is -2.47. The van der Waals surface area contributed by atoms with Crippen LogP contribution < -0.4 is 11.1 Å². The van der Waals surface area contributed by atoms with Crippen molar-refractivity contribution in [3.8, 4) is 11.3 Å². The number of nitrogen functional groups attached to an aromatic ring is 1. The number of hydrogen-bond acceptors (Lipinski definition) is 6. The first kappa shape index (κ1) is 27.2. The third kappa shape index (κ3) is 6.37. The normalized spacial score (nSPS) is 18.8. The molecular formula is C25H23B2BrF2N4O3. The van der Waals surface area contributed by atoms with Crippen molar-refractivity contribution in [1.82, 2.24) is 15.3 Å². The highest BCUT2D eigenvalue weighted by Crippen LogP contribution is 2.34.